The molecule has 31 heavy (non-hydrogen) atoms. The molecular weight excluding hydrogens is 507 g/mol. The van der Waals surface area contributed by atoms with Crippen molar-refractivity contribution in [2.75, 3.05) is 40.4 Å². The van der Waals surface area contributed by atoms with Crippen LogP contribution in [0, 0.1) is 5.92 Å². The number of hydrogen-bond donors (Lipinski definition) is 2. The van der Waals surface area contributed by atoms with Crippen molar-refractivity contribution < 1.29 is 14.3 Å². The average Bonchev–Trinajstić information content (AvgIpc) is 3.26. The second-order valence-corrected chi connectivity index (χ2v) is 8.13. The van der Waals surface area contributed by atoms with Crippen molar-refractivity contribution in [3.05, 3.63) is 24.3 Å². The van der Waals surface area contributed by atoms with Crippen molar-refractivity contribution in [3.63, 3.8) is 0 Å². The lowest BCUT2D eigenvalue weighted by molar-refractivity contribution is -0.135. The van der Waals surface area contributed by atoms with Crippen LogP contribution in [0.1, 0.15) is 44.9 Å². The smallest absolute Gasteiger partial charge is 0.225 e. The third kappa shape index (κ3) is 8.05. The molecule has 2 N–H and O–H groups in total. The zero-order valence-corrected chi connectivity index (χ0v) is 21.1. The average molecular weight is 544 g/mol. The highest BCUT2D eigenvalue weighted by Crippen LogP contribution is 2.26. The molecule has 2 fully saturated rings. The maximum atomic E-state index is 12.7. The van der Waals surface area contributed by atoms with Crippen LogP contribution in [0.2, 0.25) is 0 Å². The highest BCUT2D eigenvalue weighted by molar-refractivity contribution is 14.0. The number of amides is 1. The Kier molecular flexibility index (Phi) is 11.2. The first-order valence-electron chi connectivity index (χ1n) is 11.2. The van der Waals surface area contributed by atoms with E-state index in [1.54, 1.807) is 14.2 Å². The molecule has 1 unspecified atom stereocenters. The highest BCUT2D eigenvalue weighted by Gasteiger charge is 2.31. The van der Waals surface area contributed by atoms with Crippen LogP contribution in [-0.2, 0) is 4.79 Å². The van der Waals surface area contributed by atoms with E-state index in [1.807, 2.05) is 29.2 Å². The number of halogens is 1. The fraction of sp³-hybridized carbons (Fsp3) is 0.652. The van der Waals surface area contributed by atoms with Gasteiger partial charge in [-0.1, -0.05) is 25.3 Å². The monoisotopic (exact) mass is 544 g/mol. The van der Waals surface area contributed by atoms with Crippen LogP contribution >= 0.6 is 24.0 Å². The lowest BCUT2D eigenvalue weighted by atomic mass is 9.88. The summed E-state index contributed by atoms with van der Waals surface area (Å²) in [6, 6.07) is 7.89. The molecule has 8 heteroatoms. The van der Waals surface area contributed by atoms with E-state index < -0.39 is 0 Å². The fourth-order valence-corrected chi connectivity index (χ4v) is 4.23. The minimum absolute atomic E-state index is 0. The molecule has 1 aromatic carbocycles. The molecule has 1 atom stereocenters. The Balaban J connectivity index is 0.00000341. The van der Waals surface area contributed by atoms with Crippen LogP contribution in [0.4, 0.5) is 0 Å². The summed E-state index contributed by atoms with van der Waals surface area (Å²) in [5.74, 6) is 3.00. The summed E-state index contributed by atoms with van der Waals surface area (Å²) in [6.45, 7) is 3.00. The molecule has 1 amide bonds. The molecule has 1 aliphatic heterocycles. The summed E-state index contributed by atoms with van der Waals surface area (Å²) in [6.07, 6.45) is 7.63. The molecule has 1 aromatic rings. The number of rotatable bonds is 8. The summed E-state index contributed by atoms with van der Waals surface area (Å²) in [5.41, 5.74) is 0. The molecule has 3 rings (SSSR count). The van der Waals surface area contributed by atoms with Crippen molar-refractivity contribution >= 4 is 35.8 Å². The van der Waals surface area contributed by atoms with Crippen LogP contribution < -0.4 is 20.1 Å². The first-order chi connectivity index (χ1) is 14.7. The van der Waals surface area contributed by atoms with E-state index in [0.717, 1.165) is 62.8 Å². The van der Waals surface area contributed by atoms with E-state index in [4.69, 9.17) is 9.47 Å². The van der Waals surface area contributed by atoms with Gasteiger partial charge in [0.2, 0.25) is 5.91 Å². The Morgan fingerprint density at radius 1 is 1.19 bits per heavy atom. The number of guanidine groups is 1. The van der Waals surface area contributed by atoms with E-state index in [1.165, 1.54) is 19.3 Å². The SMILES string of the molecule is CN=C(NCCCOc1cccc(OC)c1)NC1CCN(C(=O)C2CCCCC2)C1.I. The van der Waals surface area contributed by atoms with Gasteiger partial charge in [0.1, 0.15) is 11.5 Å². The molecule has 1 heterocycles. The first kappa shape index (κ1) is 25.5. The van der Waals surface area contributed by atoms with Crippen molar-refractivity contribution in [2.45, 2.75) is 51.0 Å². The summed E-state index contributed by atoms with van der Waals surface area (Å²) < 4.78 is 11.0. The number of benzene rings is 1. The molecule has 2 aliphatic rings. The van der Waals surface area contributed by atoms with Gasteiger partial charge in [-0.25, -0.2) is 0 Å². The zero-order valence-electron chi connectivity index (χ0n) is 18.8. The lowest BCUT2D eigenvalue weighted by Gasteiger charge is -2.26. The number of nitrogens with one attached hydrogen (secondary N) is 2. The van der Waals surface area contributed by atoms with E-state index in [9.17, 15) is 4.79 Å². The Bertz CT molecular complexity index is 710. The lowest BCUT2D eigenvalue weighted by Crippen LogP contribution is -2.46. The third-order valence-corrected chi connectivity index (χ3v) is 5.94. The summed E-state index contributed by atoms with van der Waals surface area (Å²) in [5, 5.41) is 6.81. The normalized spacial score (nSPS) is 19.5. The van der Waals surface area contributed by atoms with Crippen LogP contribution in [-0.4, -0.2) is 63.2 Å². The van der Waals surface area contributed by atoms with Crippen molar-refractivity contribution in [1.82, 2.24) is 15.5 Å². The fourth-order valence-electron chi connectivity index (χ4n) is 4.23. The van der Waals surface area contributed by atoms with Gasteiger partial charge in [0, 0.05) is 44.7 Å². The number of ether oxygens (including phenoxy) is 2. The van der Waals surface area contributed by atoms with E-state index >= 15 is 0 Å². The predicted molar refractivity (Wildman–Crippen MR) is 135 cm³/mol. The van der Waals surface area contributed by atoms with Gasteiger partial charge >= 0.3 is 0 Å². The van der Waals surface area contributed by atoms with E-state index in [2.05, 4.69) is 15.6 Å². The van der Waals surface area contributed by atoms with E-state index in [0.29, 0.717) is 12.5 Å². The topological polar surface area (TPSA) is 75.2 Å². The Morgan fingerprint density at radius 2 is 1.97 bits per heavy atom. The number of carbonyl (C=O) groups is 1. The number of aliphatic imine (C=N–C) groups is 1. The molecule has 1 saturated heterocycles. The van der Waals surface area contributed by atoms with Gasteiger partial charge < -0.3 is 25.0 Å². The number of carbonyl (C=O) groups excluding carboxylic acids is 1. The maximum absolute atomic E-state index is 12.7. The van der Waals surface area contributed by atoms with Crippen molar-refractivity contribution in [1.29, 1.82) is 0 Å². The number of likely N-dealkylation sites (tertiary alicyclic amines) is 1. The van der Waals surface area contributed by atoms with Gasteiger partial charge in [-0.05, 0) is 37.8 Å². The third-order valence-electron chi connectivity index (χ3n) is 5.94. The molecule has 0 spiro atoms. The van der Waals surface area contributed by atoms with Gasteiger partial charge in [-0.15, -0.1) is 24.0 Å². The molecule has 174 valence electrons. The van der Waals surface area contributed by atoms with Crippen molar-refractivity contribution in [2.24, 2.45) is 10.9 Å². The zero-order chi connectivity index (χ0) is 21.2. The van der Waals surface area contributed by atoms with Gasteiger partial charge in [0.05, 0.1) is 13.7 Å². The Hall–Kier alpha value is -1.71. The number of methoxy groups -OCH3 is 1. The van der Waals surface area contributed by atoms with Gasteiger partial charge in [0.15, 0.2) is 5.96 Å². The highest BCUT2D eigenvalue weighted by atomic mass is 127. The maximum Gasteiger partial charge on any atom is 0.225 e. The molecular formula is C23H37IN4O3. The molecule has 0 radical (unpaired) electrons. The second-order valence-electron chi connectivity index (χ2n) is 8.13. The van der Waals surface area contributed by atoms with Crippen LogP contribution in [0.5, 0.6) is 11.5 Å². The van der Waals surface area contributed by atoms with E-state index in [-0.39, 0.29) is 35.9 Å². The molecule has 7 nitrogen and oxygen atoms in total. The van der Waals surface area contributed by atoms with Crippen molar-refractivity contribution in [3.8, 4) is 11.5 Å². The largest absolute Gasteiger partial charge is 0.497 e. The van der Waals surface area contributed by atoms with Crippen LogP contribution in [0.3, 0.4) is 0 Å². The molecule has 0 aromatic heterocycles. The van der Waals surface area contributed by atoms with Gasteiger partial charge in [-0.3, -0.25) is 9.79 Å². The number of nitrogens with zero attached hydrogens (tertiary/aromatic N) is 2. The minimum atomic E-state index is 0. The van der Waals surface area contributed by atoms with Crippen LogP contribution in [0.15, 0.2) is 29.3 Å². The van der Waals surface area contributed by atoms with Gasteiger partial charge in [0.25, 0.3) is 0 Å². The molecule has 1 aliphatic carbocycles. The quantitative estimate of drug-likeness (QED) is 0.227. The standard InChI is InChI=1S/C23H36N4O3.HI/c1-24-23(25-13-7-15-30-21-11-6-10-20(16-21)29-2)26-19-12-14-27(17-19)22(28)18-8-4-3-5-9-18;/h6,10-11,16,18-19H,3-5,7-9,12-15,17H2,1-2H3,(H2,24,25,26);1H. The Morgan fingerprint density at radius 3 is 2.71 bits per heavy atom. The first-order valence-corrected chi connectivity index (χ1v) is 11.2. The molecule has 1 saturated carbocycles. The summed E-state index contributed by atoms with van der Waals surface area (Å²) in [4.78, 5) is 19.1. The minimum Gasteiger partial charge on any atom is -0.497 e. The molecule has 0 bridgehead atoms. The summed E-state index contributed by atoms with van der Waals surface area (Å²) in [7, 11) is 3.43. The Labute approximate surface area is 203 Å². The number of hydrogen-bond acceptors (Lipinski definition) is 4. The van der Waals surface area contributed by atoms with Crippen LogP contribution in [0.25, 0.3) is 0 Å². The summed E-state index contributed by atoms with van der Waals surface area (Å²) >= 11 is 0. The predicted octanol–water partition coefficient (Wildman–Crippen LogP) is 3.43. The van der Waals surface area contributed by atoms with Gasteiger partial charge in [-0.2, -0.15) is 0 Å². The second kappa shape index (κ2) is 13.6.